The average Bonchev–Trinajstić information content (AvgIpc) is 2.80. The molecule has 37 heavy (non-hydrogen) atoms. The largest absolute Gasteiger partial charge is 0.476 e. The number of nitrogens with one attached hydrogen (secondary N) is 1. The van der Waals surface area contributed by atoms with E-state index in [0.29, 0.717) is 28.2 Å². The van der Waals surface area contributed by atoms with Gasteiger partial charge in [-0.05, 0) is 33.8 Å². The van der Waals surface area contributed by atoms with E-state index < -0.39 is 41.4 Å². The lowest BCUT2D eigenvalue weighted by Gasteiger charge is -2.37. The van der Waals surface area contributed by atoms with E-state index in [1.54, 1.807) is 40.0 Å². The summed E-state index contributed by atoms with van der Waals surface area (Å²) in [6.07, 6.45) is -5.31. The molecule has 0 saturated heterocycles. The summed E-state index contributed by atoms with van der Waals surface area (Å²) in [5.41, 5.74) is -5.19. The van der Waals surface area contributed by atoms with Crippen LogP contribution < -0.4 is 15.0 Å². The van der Waals surface area contributed by atoms with Crippen molar-refractivity contribution in [3.8, 4) is 5.75 Å². The van der Waals surface area contributed by atoms with Gasteiger partial charge in [-0.2, -0.15) is 13.2 Å². The van der Waals surface area contributed by atoms with Gasteiger partial charge in [0.15, 0.2) is 5.60 Å². The Morgan fingerprint density at radius 1 is 1.22 bits per heavy atom. The highest BCUT2D eigenvalue weighted by molar-refractivity contribution is 6.05. The standard InChI is InChI=1S/C25H26F4N4O4/c1-12(14-7-6-8-16(20(14)26)24(36,11-34)25(27,28)29)30-21-15-9-18-19(10-17(15)31-13(2)32-21)37-23(3,4)22(35)33(18)5/h6-10,12,34,36H,11H2,1-5H3,(H,30,31,32)/t12-,24+/m1/s1. The first-order valence-electron chi connectivity index (χ1n) is 11.4. The molecule has 2 atom stereocenters. The van der Waals surface area contributed by atoms with E-state index in [-0.39, 0.29) is 17.3 Å². The number of benzene rings is 2. The molecule has 0 unspecified atom stereocenters. The second kappa shape index (κ2) is 8.80. The van der Waals surface area contributed by atoms with E-state index in [4.69, 9.17) is 4.74 Å². The van der Waals surface area contributed by atoms with Crippen LogP contribution in [-0.2, 0) is 10.4 Å². The first-order chi connectivity index (χ1) is 17.1. The van der Waals surface area contributed by atoms with Crippen molar-refractivity contribution < 1.29 is 37.3 Å². The van der Waals surface area contributed by atoms with Gasteiger partial charge in [0.1, 0.15) is 23.2 Å². The van der Waals surface area contributed by atoms with Crippen LogP contribution in [-0.4, -0.2) is 51.5 Å². The zero-order valence-electron chi connectivity index (χ0n) is 20.7. The first kappa shape index (κ1) is 26.6. The Morgan fingerprint density at radius 2 is 1.89 bits per heavy atom. The number of fused-ring (bicyclic) bond motifs is 2. The lowest BCUT2D eigenvalue weighted by molar-refractivity contribution is -0.278. The van der Waals surface area contributed by atoms with Gasteiger partial charge in [-0.1, -0.05) is 18.2 Å². The minimum absolute atomic E-state index is 0.187. The van der Waals surface area contributed by atoms with Gasteiger partial charge in [0.2, 0.25) is 5.60 Å². The zero-order chi connectivity index (χ0) is 27.5. The fraction of sp³-hybridized carbons (Fsp3) is 0.400. The van der Waals surface area contributed by atoms with Crippen molar-refractivity contribution in [2.75, 3.05) is 23.9 Å². The van der Waals surface area contributed by atoms with Crippen molar-refractivity contribution in [3.05, 3.63) is 53.1 Å². The Bertz CT molecular complexity index is 1400. The van der Waals surface area contributed by atoms with Crippen LogP contribution in [0.3, 0.4) is 0 Å². The summed E-state index contributed by atoms with van der Waals surface area (Å²) in [4.78, 5) is 22.9. The lowest BCUT2D eigenvalue weighted by atomic mass is 9.90. The number of likely N-dealkylation sites (N-methyl/N-ethyl adjacent to an activating group) is 1. The number of hydrogen-bond acceptors (Lipinski definition) is 7. The number of carbonyl (C=O) groups is 1. The average molecular weight is 522 g/mol. The number of aliphatic hydroxyl groups excluding tert-OH is 1. The number of carbonyl (C=O) groups excluding carboxylic acids is 1. The highest BCUT2D eigenvalue weighted by Gasteiger charge is 2.56. The molecule has 1 aliphatic heterocycles. The highest BCUT2D eigenvalue weighted by atomic mass is 19.4. The molecule has 3 aromatic rings. The summed E-state index contributed by atoms with van der Waals surface area (Å²) in [5.74, 6) is -0.532. The van der Waals surface area contributed by atoms with E-state index >= 15 is 4.39 Å². The molecule has 1 aromatic heterocycles. The third-order valence-electron chi connectivity index (χ3n) is 6.43. The fourth-order valence-electron chi connectivity index (χ4n) is 4.36. The molecule has 8 nitrogen and oxygen atoms in total. The van der Waals surface area contributed by atoms with Gasteiger partial charge in [0.25, 0.3) is 5.91 Å². The number of aromatic nitrogens is 2. The number of amides is 1. The van der Waals surface area contributed by atoms with Crippen LogP contribution in [0.5, 0.6) is 5.75 Å². The lowest BCUT2D eigenvalue weighted by Crippen LogP contribution is -2.50. The third-order valence-corrected chi connectivity index (χ3v) is 6.43. The van der Waals surface area contributed by atoms with Gasteiger partial charge in [0.05, 0.1) is 23.9 Å². The number of nitrogens with zero attached hydrogens (tertiary/aromatic N) is 3. The molecule has 0 spiro atoms. The van der Waals surface area contributed by atoms with Crippen molar-refractivity contribution >= 4 is 28.3 Å². The molecule has 0 bridgehead atoms. The first-order valence-corrected chi connectivity index (χ1v) is 11.4. The summed E-state index contributed by atoms with van der Waals surface area (Å²) in [5, 5.41) is 22.8. The number of alkyl halides is 3. The molecule has 4 rings (SSSR count). The number of hydrogen-bond donors (Lipinski definition) is 3. The maximum Gasteiger partial charge on any atom is 0.423 e. The summed E-state index contributed by atoms with van der Waals surface area (Å²) < 4.78 is 61.6. The third kappa shape index (κ3) is 4.33. The van der Waals surface area contributed by atoms with E-state index in [2.05, 4.69) is 15.3 Å². The van der Waals surface area contributed by atoms with Gasteiger partial charge in [-0.15, -0.1) is 0 Å². The zero-order valence-corrected chi connectivity index (χ0v) is 20.7. The van der Waals surface area contributed by atoms with Gasteiger partial charge in [-0.3, -0.25) is 4.79 Å². The molecule has 12 heteroatoms. The predicted octanol–water partition coefficient (Wildman–Crippen LogP) is 4.13. The number of halogens is 4. The quantitative estimate of drug-likeness (QED) is 0.433. The smallest absolute Gasteiger partial charge is 0.423 e. The molecule has 2 aromatic carbocycles. The van der Waals surface area contributed by atoms with Crippen LogP contribution in [0.1, 0.15) is 43.8 Å². The highest BCUT2D eigenvalue weighted by Crippen LogP contribution is 2.43. The molecule has 198 valence electrons. The molecule has 0 saturated carbocycles. The number of aliphatic hydroxyl groups is 2. The second-order valence-electron chi connectivity index (χ2n) is 9.52. The molecule has 1 amide bonds. The van der Waals surface area contributed by atoms with Crippen molar-refractivity contribution in [1.82, 2.24) is 9.97 Å². The van der Waals surface area contributed by atoms with Crippen molar-refractivity contribution in [2.24, 2.45) is 0 Å². The van der Waals surface area contributed by atoms with E-state index in [1.165, 1.54) is 17.9 Å². The summed E-state index contributed by atoms with van der Waals surface area (Å²) >= 11 is 0. The molecule has 0 aliphatic carbocycles. The van der Waals surface area contributed by atoms with Gasteiger partial charge >= 0.3 is 6.18 Å². The van der Waals surface area contributed by atoms with Gasteiger partial charge in [0, 0.05) is 29.6 Å². The number of anilines is 2. The maximum atomic E-state index is 15.3. The Balaban J connectivity index is 1.78. The predicted molar refractivity (Wildman–Crippen MR) is 128 cm³/mol. The molecule has 0 radical (unpaired) electrons. The van der Waals surface area contributed by atoms with E-state index in [1.807, 2.05) is 0 Å². The summed E-state index contributed by atoms with van der Waals surface area (Å²) in [6, 6.07) is 5.60. The Morgan fingerprint density at radius 3 is 2.51 bits per heavy atom. The van der Waals surface area contributed by atoms with Gasteiger partial charge in [-0.25, -0.2) is 14.4 Å². The van der Waals surface area contributed by atoms with Gasteiger partial charge < -0.3 is 25.2 Å². The summed E-state index contributed by atoms with van der Waals surface area (Å²) in [6.45, 7) is 4.71. The molecule has 1 aliphatic rings. The topological polar surface area (TPSA) is 108 Å². The maximum absolute atomic E-state index is 15.3. The molecule has 0 fully saturated rings. The van der Waals surface area contributed by atoms with Crippen LogP contribution >= 0.6 is 0 Å². The van der Waals surface area contributed by atoms with Crippen LogP contribution in [0.4, 0.5) is 29.1 Å². The number of aryl methyl sites for hydroxylation is 1. The summed E-state index contributed by atoms with van der Waals surface area (Å²) in [7, 11) is 1.60. The fourth-order valence-corrected chi connectivity index (χ4v) is 4.36. The molecule has 3 N–H and O–H groups in total. The van der Waals surface area contributed by atoms with Crippen LogP contribution in [0.25, 0.3) is 10.9 Å². The molecular weight excluding hydrogens is 496 g/mol. The van der Waals surface area contributed by atoms with Crippen LogP contribution in [0, 0.1) is 12.7 Å². The Kier molecular flexibility index (Phi) is 6.32. The molecular formula is C25H26F4N4O4. The second-order valence-corrected chi connectivity index (χ2v) is 9.52. The van der Waals surface area contributed by atoms with Crippen LogP contribution in [0.15, 0.2) is 30.3 Å². The van der Waals surface area contributed by atoms with Crippen molar-refractivity contribution in [2.45, 2.75) is 51.1 Å². The normalized spacial score (nSPS) is 17.7. The van der Waals surface area contributed by atoms with Crippen LogP contribution in [0.2, 0.25) is 0 Å². The number of rotatable bonds is 5. The number of ether oxygens (including phenoxy) is 1. The SMILES string of the molecule is Cc1nc(N[C@H](C)c2cccc([C@@](O)(CO)C(F)(F)F)c2F)c2cc3c(cc2n1)OC(C)(C)C(=O)N3C. The minimum Gasteiger partial charge on any atom is -0.476 e. The molecule has 2 heterocycles. The minimum atomic E-state index is -5.31. The Labute approximate surface area is 209 Å². The van der Waals surface area contributed by atoms with E-state index in [0.717, 1.165) is 12.1 Å². The van der Waals surface area contributed by atoms with E-state index in [9.17, 15) is 28.2 Å². The van der Waals surface area contributed by atoms with Crippen molar-refractivity contribution in [3.63, 3.8) is 0 Å². The Hall–Kier alpha value is -3.51. The van der Waals surface area contributed by atoms with Crippen molar-refractivity contribution in [1.29, 1.82) is 0 Å². The monoisotopic (exact) mass is 522 g/mol.